The minimum absolute atomic E-state index is 0.00848. The maximum absolute atomic E-state index is 14.5. The Morgan fingerprint density at radius 3 is 2.47 bits per heavy atom. The third-order valence-corrected chi connectivity index (χ3v) is 8.56. The predicted molar refractivity (Wildman–Crippen MR) is 160 cm³/mol. The zero-order chi connectivity index (χ0) is 31.6. The molecular formula is C30H35FN6O5S. The van der Waals surface area contributed by atoms with E-state index in [0.717, 1.165) is 15.9 Å². The van der Waals surface area contributed by atoms with Gasteiger partial charge in [0.1, 0.15) is 33.0 Å². The molecule has 2 atom stereocenters. The molecule has 0 aliphatic rings. The van der Waals surface area contributed by atoms with Gasteiger partial charge in [0.25, 0.3) is 5.56 Å². The second-order valence-corrected chi connectivity index (χ2v) is 12.4. The normalized spacial score (nSPS) is 13.3. The Labute approximate surface area is 252 Å². The Morgan fingerprint density at radius 1 is 1.19 bits per heavy atom. The van der Waals surface area contributed by atoms with Gasteiger partial charge in [-0.15, -0.1) is 4.80 Å². The van der Waals surface area contributed by atoms with Crippen molar-refractivity contribution < 1.29 is 18.7 Å². The molecule has 1 aromatic carbocycles. The molecule has 0 amide bonds. The number of nitriles is 1. The summed E-state index contributed by atoms with van der Waals surface area (Å²) in [5, 5.41) is 18.6. The van der Waals surface area contributed by atoms with Crippen molar-refractivity contribution in [1.82, 2.24) is 24.1 Å². The molecule has 43 heavy (non-hydrogen) atoms. The Balaban J connectivity index is 2.03. The highest BCUT2D eigenvalue weighted by Gasteiger charge is 2.36. The molecular weight excluding hydrogens is 575 g/mol. The van der Waals surface area contributed by atoms with Crippen LogP contribution in [0.1, 0.15) is 58.3 Å². The molecule has 0 spiro atoms. The van der Waals surface area contributed by atoms with E-state index in [1.165, 1.54) is 47.1 Å². The van der Waals surface area contributed by atoms with Gasteiger partial charge in [0.2, 0.25) is 0 Å². The first kappa shape index (κ1) is 31.8. The number of methoxy groups -OCH3 is 1. The molecule has 3 heterocycles. The van der Waals surface area contributed by atoms with Crippen LogP contribution in [0, 0.1) is 35.9 Å². The quantitative estimate of drug-likeness (QED) is 0.228. The van der Waals surface area contributed by atoms with E-state index in [4.69, 9.17) is 9.47 Å². The molecule has 13 heteroatoms. The molecule has 4 aromatic rings. The van der Waals surface area contributed by atoms with E-state index < -0.39 is 34.6 Å². The van der Waals surface area contributed by atoms with Gasteiger partial charge in [0.15, 0.2) is 5.78 Å². The minimum atomic E-state index is -1.48. The van der Waals surface area contributed by atoms with E-state index >= 15 is 0 Å². The number of ether oxygens (including phenoxy) is 2. The van der Waals surface area contributed by atoms with Crippen molar-refractivity contribution in [3.8, 4) is 16.8 Å². The summed E-state index contributed by atoms with van der Waals surface area (Å²) in [6.07, 6.45) is 2.20. The van der Waals surface area contributed by atoms with Gasteiger partial charge in [-0.1, -0.05) is 25.2 Å². The highest BCUT2D eigenvalue weighted by Crippen LogP contribution is 2.34. The van der Waals surface area contributed by atoms with Crippen LogP contribution in [0.25, 0.3) is 15.2 Å². The Kier molecular flexibility index (Phi) is 9.32. The number of hydrogen-bond donors (Lipinski definition) is 0. The molecule has 0 N–H and O–H groups in total. The van der Waals surface area contributed by atoms with Crippen LogP contribution in [0.4, 0.5) is 4.39 Å². The molecule has 0 fully saturated rings. The molecule has 4 rings (SSSR count). The van der Waals surface area contributed by atoms with Crippen molar-refractivity contribution in [2.24, 2.45) is 11.8 Å². The SMILES string of the molecule is COc1ccc(F)cc1[C@H](Cn1c(=O)n(C(C)(C)C(=O)CC(C)C)c(=O)c2c(C)c(-n3nccn3)sc21)OC[C@@H](C)C#N. The molecule has 0 aliphatic carbocycles. The van der Waals surface area contributed by atoms with E-state index in [1.807, 2.05) is 13.8 Å². The number of rotatable bonds is 12. The van der Waals surface area contributed by atoms with Crippen molar-refractivity contribution in [2.75, 3.05) is 13.7 Å². The van der Waals surface area contributed by atoms with Crippen LogP contribution in [0.3, 0.4) is 0 Å². The van der Waals surface area contributed by atoms with Crippen LogP contribution in [-0.4, -0.2) is 43.6 Å². The van der Waals surface area contributed by atoms with Gasteiger partial charge in [0, 0.05) is 17.5 Å². The van der Waals surface area contributed by atoms with Crippen molar-refractivity contribution in [3.05, 3.63) is 68.4 Å². The molecule has 0 radical (unpaired) electrons. The first-order valence-electron chi connectivity index (χ1n) is 13.9. The number of carbonyl (C=O) groups is 1. The van der Waals surface area contributed by atoms with Crippen LogP contribution >= 0.6 is 11.3 Å². The molecule has 0 bridgehead atoms. The summed E-state index contributed by atoms with van der Waals surface area (Å²) >= 11 is 1.14. The third kappa shape index (κ3) is 6.16. The molecule has 0 saturated heterocycles. The molecule has 11 nitrogen and oxygen atoms in total. The lowest BCUT2D eigenvalue weighted by molar-refractivity contribution is -0.127. The van der Waals surface area contributed by atoms with Gasteiger partial charge < -0.3 is 9.47 Å². The first-order chi connectivity index (χ1) is 20.3. The van der Waals surface area contributed by atoms with Crippen molar-refractivity contribution in [3.63, 3.8) is 0 Å². The topological polar surface area (TPSA) is 134 Å². The smallest absolute Gasteiger partial charge is 0.333 e. The van der Waals surface area contributed by atoms with E-state index in [0.29, 0.717) is 26.7 Å². The van der Waals surface area contributed by atoms with Gasteiger partial charge in [-0.25, -0.2) is 13.8 Å². The number of aromatic nitrogens is 5. The molecule has 0 unspecified atom stereocenters. The number of thiophene rings is 1. The molecule has 3 aromatic heterocycles. The number of carbonyl (C=O) groups excluding carboxylic acids is 1. The number of ketones is 1. The third-order valence-electron chi connectivity index (χ3n) is 7.28. The lowest BCUT2D eigenvalue weighted by atomic mass is 9.91. The van der Waals surface area contributed by atoms with Crippen LogP contribution in [-0.2, 0) is 21.6 Å². The van der Waals surface area contributed by atoms with Gasteiger partial charge in [-0.3, -0.25) is 14.2 Å². The zero-order valence-corrected chi connectivity index (χ0v) is 26.1. The highest BCUT2D eigenvalue weighted by atomic mass is 32.1. The summed E-state index contributed by atoms with van der Waals surface area (Å²) < 4.78 is 28.5. The number of benzene rings is 1. The average Bonchev–Trinajstić information content (AvgIpc) is 3.60. The maximum atomic E-state index is 14.5. The Hall–Kier alpha value is -4.15. The number of nitrogens with zero attached hydrogens (tertiary/aromatic N) is 6. The van der Waals surface area contributed by atoms with E-state index in [9.17, 15) is 24.0 Å². The predicted octanol–water partition coefficient (Wildman–Crippen LogP) is 4.53. The average molecular weight is 611 g/mol. The van der Waals surface area contributed by atoms with E-state index in [2.05, 4.69) is 16.3 Å². The second kappa shape index (κ2) is 12.6. The van der Waals surface area contributed by atoms with Gasteiger partial charge >= 0.3 is 5.69 Å². The van der Waals surface area contributed by atoms with Gasteiger partial charge in [0.05, 0.1) is 50.0 Å². The lowest BCUT2D eigenvalue weighted by Crippen LogP contribution is -2.53. The monoisotopic (exact) mass is 610 g/mol. The van der Waals surface area contributed by atoms with Crippen LogP contribution in [0.2, 0.25) is 0 Å². The zero-order valence-electron chi connectivity index (χ0n) is 25.3. The van der Waals surface area contributed by atoms with Crippen LogP contribution in [0.15, 0.2) is 40.2 Å². The standard InChI is InChI=1S/C30H35FN6O5S/c1-17(2)12-24(38)30(5,6)36-26(39)25-19(4)27(37-33-10-11-34-37)43-28(25)35(29(36)40)15-23(42-16-18(3)14-32)21-13-20(31)8-9-22(21)41-7/h8-11,13,17-18,23H,12,15-16H2,1-7H3/t18-,23-/m0/s1. The minimum Gasteiger partial charge on any atom is -0.496 e. The number of fused-ring (bicyclic) bond motifs is 1. The highest BCUT2D eigenvalue weighted by molar-refractivity contribution is 7.21. The lowest BCUT2D eigenvalue weighted by Gasteiger charge is -2.28. The molecule has 228 valence electrons. The number of aryl methyl sites for hydroxylation is 1. The maximum Gasteiger partial charge on any atom is 0.333 e. The molecule has 0 aliphatic heterocycles. The number of halogens is 1. The fourth-order valence-corrected chi connectivity index (χ4v) is 6.13. The number of hydrogen-bond acceptors (Lipinski definition) is 9. The summed E-state index contributed by atoms with van der Waals surface area (Å²) in [5.41, 5.74) is -1.95. The largest absolute Gasteiger partial charge is 0.496 e. The summed E-state index contributed by atoms with van der Waals surface area (Å²) in [7, 11) is 1.44. The fraction of sp³-hybridized carbons (Fsp3) is 0.467. The molecule has 0 saturated carbocycles. The summed E-state index contributed by atoms with van der Waals surface area (Å²) in [6, 6.07) is 6.07. The van der Waals surface area contributed by atoms with Crippen molar-refractivity contribution in [2.45, 2.75) is 66.2 Å². The van der Waals surface area contributed by atoms with Gasteiger partial charge in [-0.05, 0) is 51.8 Å². The van der Waals surface area contributed by atoms with Gasteiger partial charge in [-0.2, -0.15) is 15.5 Å². The summed E-state index contributed by atoms with van der Waals surface area (Å²) in [6.45, 7) is 10.1. The van der Waals surface area contributed by atoms with Crippen molar-refractivity contribution >= 4 is 27.3 Å². The summed E-state index contributed by atoms with van der Waals surface area (Å²) in [5.74, 6) is -0.975. The summed E-state index contributed by atoms with van der Waals surface area (Å²) in [4.78, 5) is 43.6. The van der Waals surface area contributed by atoms with E-state index in [1.54, 1.807) is 27.7 Å². The first-order valence-corrected chi connectivity index (χ1v) is 14.7. The second-order valence-electron chi connectivity index (χ2n) is 11.4. The Morgan fingerprint density at radius 2 is 1.86 bits per heavy atom. The van der Waals surface area contributed by atoms with Crippen LogP contribution < -0.4 is 16.0 Å². The Bertz CT molecular complexity index is 1800. The fourth-order valence-electron chi connectivity index (χ4n) is 4.91. The van der Waals surface area contributed by atoms with E-state index in [-0.39, 0.29) is 36.7 Å². The number of Topliss-reactive ketones (excluding diaryl/α,β-unsaturated/α-hetero) is 1. The van der Waals surface area contributed by atoms with Crippen LogP contribution in [0.5, 0.6) is 5.75 Å². The van der Waals surface area contributed by atoms with Crippen molar-refractivity contribution in [1.29, 1.82) is 5.26 Å².